The molecule has 3 aromatic heterocycles. The Kier molecular flexibility index (Phi) is 4.56. The molecule has 0 bridgehead atoms. The molecule has 0 aliphatic heterocycles. The number of aromatic nitrogens is 4. The molecule has 0 saturated carbocycles. The van der Waals surface area contributed by atoms with Gasteiger partial charge in [0.05, 0.1) is 28.2 Å². The van der Waals surface area contributed by atoms with E-state index in [1.165, 1.54) is 34.4 Å². The predicted molar refractivity (Wildman–Crippen MR) is 121 cm³/mol. The first-order chi connectivity index (χ1) is 15.3. The highest BCUT2D eigenvalue weighted by molar-refractivity contribution is 7.14. The van der Waals surface area contributed by atoms with Gasteiger partial charge in [-0.2, -0.15) is 5.10 Å². The van der Waals surface area contributed by atoms with Crippen LogP contribution in [0.25, 0.3) is 22.3 Å². The van der Waals surface area contributed by atoms with E-state index in [2.05, 4.69) is 49.7 Å². The molecule has 4 aromatic rings. The average molecular weight is 430 g/mol. The highest BCUT2D eigenvalue weighted by atomic mass is 32.1. The fraction of sp³-hybridized carbons (Fsp3) is 0.333. The van der Waals surface area contributed by atoms with Crippen molar-refractivity contribution in [3.05, 3.63) is 63.2 Å². The lowest BCUT2D eigenvalue weighted by molar-refractivity contribution is 0.0937. The van der Waals surface area contributed by atoms with Gasteiger partial charge in [-0.15, -0.1) is 11.3 Å². The normalized spacial score (nSPS) is 17.9. The third kappa shape index (κ3) is 3.33. The molecule has 7 heteroatoms. The van der Waals surface area contributed by atoms with Crippen molar-refractivity contribution < 1.29 is 4.79 Å². The van der Waals surface area contributed by atoms with Crippen LogP contribution in [0.3, 0.4) is 0 Å². The second-order valence-corrected chi connectivity index (χ2v) is 9.59. The molecule has 0 spiro atoms. The zero-order chi connectivity index (χ0) is 20.8. The van der Waals surface area contributed by atoms with Gasteiger partial charge in [0, 0.05) is 10.4 Å². The minimum absolute atomic E-state index is 0.0590. The summed E-state index contributed by atoms with van der Waals surface area (Å²) in [6.45, 7) is 0. The maximum Gasteiger partial charge on any atom is 0.261 e. The number of nitrogens with zero attached hydrogens (tertiary/aromatic N) is 3. The van der Waals surface area contributed by atoms with Crippen LogP contribution in [-0.4, -0.2) is 26.1 Å². The molecule has 1 aromatic carbocycles. The second kappa shape index (κ2) is 7.57. The molecular weight excluding hydrogens is 406 g/mol. The van der Waals surface area contributed by atoms with Crippen molar-refractivity contribution in [3.8, 4) is 11.3 Å². The van der Waals surface area contributed by atoms with Gasteiger partial charge in [0.2, 0.25) is 0 Å². The van der Waals surface area contributed by atoms with Gasteiger partial charge in [-0.3, -0.25) is 9.89 Å². The summed E-state index contributed by atoms with van der Waals surface area (Å²) in [6.07, 6.45) is 11.1. The standard InChI is InChI=1S/C24H23N5OS/c30-24(21-11-15-4-1-2-7-20(15)31-21)28-19-6-3-5-14-10-16(8-9-17(14)19)22-18-12-27-29-23(18)26-13-25-22/h8-13,19H,1-7H2,(H,28,30)(H,25,26,27,29)/t19-/m0/s1. The first-order valence-electron chi connectivity index (χ1n) is 11.0. The maximum absolute atomic E-state index is 13.0. The minimum Gasteiger partial charge on any atom is -0.345 e. The Morgan fingerprint density at radius 2 is 1.97 bits per heavy atom. The van der Waals surface area contributed by atoms with Gasteiger partial charge in [0.15, 0.2) is 5.65 Å². The van der Waals surface area contributed by atoms with Crippen LogP contribution in [0, 0.1) is 0 Å². The topological polar surface area (TPSA) is 83.6 Å². The van der Waals surface area contributed by atoms with Gasteiger partial charge in [-0.25, -0.2) is 9.97 Å². The van der Waals surface area contributed by atoms with Gasteiger partial charge >= 0.3 is 0 Å². The van der Waals surface area contributed by atoms with Crippen LogP contribution in [0.5, 0.6) is 0 Å². The van der Waals surface area contributed by atoms with E-state index in [1.807, 2.05) is 0 Å². The number of amides is 1. The summed E-state index contributed by atoms with van der Waals surface area (Å²) in [6, 6.07) is 8.65. The van der Waals surface area contributed by atoms with Crippen LogP contribution in [0.1, 0.15) is 63.0 Å². The minimum atomic E-state index is 0.0590. The van der Waals surface area contributed by atoms with Crippen molar-refractivity contribution in [1.82, 2.24) is 25.5 Å². The number of H-pyrrole nitrogens is 1. The lowest BCUT2D eigenvalue weighted by Crippen LogP contribution is -2.30. The number of thiophene rings is 1. The molecule has 1 atom stereocenters. The third-order valence-corrected chi connectivity index (χ3v) is 7.74. The molecule has 2 N–H and O–H groups in total. The summed E-state index contributed by atoms with van der Waals surface area (Å²) in [5.74, 6) is 0.0669. The Labute approximate surface area is 184 Å². The van der Waals surface area contributed by atoms with Crippen LogP contribution >= 0.6 is 11.3 Å². The summed E-state index contributed by atoms with van der Waals surface area (Å²) >= 11 is 1.68. The molecule has 2 aliphatic rings. The van der Waals surface area contributed by atoms with Crippen LogP contribution in [-0.2, 0) is 19.3 Å². The number of fused-ring (bicyclic) bond motifs is 3. The molecule has 1 amide bonds. The first-order valence-corrected chi connectivity index (χ1v) is 11.8. The van der Waals surface area contributed by atoms with Gasteiger partial charge in [-0.1, -0.05) is 12.1 Å². The lowest BCUT2D eigenvalue weighted by Gasteiger charge is -2.27. The molecule has 3 heterocycles. The van der Waals surface area contributed by atoms with Crippen molar-refractivity contribution in [2.75, 3.05) is 0 Å². The Balaban J connectivity index is 1.28. The van der Waals surface area contributed by atoms with Crippen molar-refractivity contribution in [3.63, 3.8) is 0 Å². The van der Waals surface area contributed by atoms with E-state index in [1.54, 1.807) is 23.9 Å². The van der Waals surface area contributed by atoms with Crippen molar-refractivity contribution in [2.24, 2.45) is 0 Å². The molecule has 0 saturated heterocycles. The summed E-state index contributed by atoms with van der Waals surface area (Å²) in [5.41, 5.74) is 6.58. The highest BCUT2D eigenvalue weighted by Gasteiger charge is 2.25. The summed E-state index contributed by atoms with van der Waals surface area (Å²) in [4.78, 5) is 24.0. The number of aromatic amines is 1. The quantitative estimate of drug-likeness (QED) is 0.491. The Bertz CT molecular complexity index is 1270. The summed E-state index contributed by atoms with van der Waals surface area (Å²) in [7, 11) is 0. The predicted octanol–water partition coefficient (Wildman–Crippen LogP) is 4.77. The van der Waals surface area contributed by atoms with Gasteiger partial charge < -0.3 is 5.32 Å². The van der Waals surface area contributed by atoms with Crippen LogP contribution in [0.15, 0.2) is 36.8 Å². The number of hydrogen-bond donors (Lipinski definition) is 2. The van der Waals surface area contributed by atoms with E-state index in [4.69, 9.17) is 0 Å². The molecule has 0 radical (unpaired) electrons. The number of rotatable bonds is 3. The number of carbonyl (C=O) groups is 1. The molecule has 156 valence electrons. The SMILES string of the molecule is O=C(N[C@H]1CCCc2cc(-c3ncnc4[nH]ncc34)ccc21)c1cc2c(s1)CCCC2. The third-order valence-electron chi connectivity index (χ3n) is 6.50. The van der Waals surface area contributed by atoms with Gasteiger partial charge in [0.25, 0.3) is 5.91 Å². The summed E-state index contributed by atoms with van der Waals surface area (Å²) in [5, 5.41) is 11.2. The van der Waals surface area contributed by atoms with Gasteiger partial charge in [0.1, 0.15) is 6.33 Å². The van der Waals surface area contributed by atoms with E-state index in [9.17, 15) is 4.79 Å². The van der Waals surface area contributed by atoms with Crippen molar-refractivity contribution >= 4 is 28.3 Å². The monoisotopic (exact) mass is 429 g/mol. The molecule has 2 aliphatic carbocycles. The lowest BCUT2D eigenvalue weighted by atomic mass is 9.86. The zero-order valence-corrected chi connectivity index (χ0v) is 18.0. The zero-order valence-electron chi connectivity index (χ0n) is 17.1. The van der Waals surface area contributed by atoms with Crippen molar-refractivity contribution in [2.45, 2.75) is 51.0 Å². The van der Waals surface area contributed by atoms with E-state index in [-0.39, 0.29) is 11.9 Å². The number of carbonyl (C=O) groups excluding carboxylic acids is 1. The fourth-order valence-electron chi connectivity index (χ4n) is 4.94. The molecule has 0 unspecified atom stereocenters. The Morgan fingerprint density at radius 1 is 1.06 bits per heavy atom. The maximum atomic E-state index is 13.0. The fourth-order valence-corrected chi connectivity index (χ4v) is 6.10. The Hall–Kier alpha value is -3.06. The summed E-state index contributed by atoms with van der Waals surface area (Å²) < 4.78 is 0. The van der Waals surface area contributed by atoms with Crippen LogP contribution < -0.4 is 5.32 Å². The van der Waals surface area contributed by atoms with E-state index >= 15 is 0 Å². The van der Waals surface area contributed by atoms with Gasteiger partial charge in [-0.05, 0) is 73.8 Å². The molecule has 0 fully saturated rings. The first kappa shape index (κ1) is 18.7. The smallest absolute Gasteiger partial charge is 0.261 e. The number of nitrogens with one attached hydrogen (secondary N) is 2. The van der Waals surface area contributed by atoms with Crippen molar-refractivity contribution in [1.29, 1.82) is 0 Å². The molecule has 6 rings (SSSR count). The Morgan fingerprint density at radius 3 is 2.90 bits per heavy atom. The molecule has 31 heavy (non-hydrogen) atoms. The number of hydrogen-bond acceptors (Lipinski definition) is 5. The highest BCUT2D eigenvalue weighted by Crippen LogP contribution is 2.35. The van der Waals surface area contributed by atoms with Crippen LogP contribution in [0.4, 0.5) is 0 Å². The second-order valence-electron chi connectivity index (χ2n) is 8.45. The van der Waals surface area contributed by atoms with E-state index in [0.29, 0.717) is 0 Å². The molecule has 6 nitrogen and oxygen atoms in total. The number of aryl methyl sites for hydroxylation is 3. The number of benzene rings is 1. The van der Waals surface area contributed by atoms with E-state index in [0.717, 1.165) is 59.3 Å². The average Bonchev–Trinajstić information content (AvgIpc) is 3.46. The molecular formula is C24H23N5OS. The van der Waals surface area contributed by atoms with E-state index < -0.39 is 0 Å². The largest absolute Gasteiger partial charge is 0.345 e. The van der Waals surface area contributed by atoms with Crippen LogP contribution in [0.2, 0.25) is 0 Å².